The molecule has 0 aliphatic carbocycles. The van der Waals surface area contributed by atoms with Crippen LogP contribution in [-0.4, -0.2) is 19.7 Å². The van der Waals surface area contributed by atoms with E-state index in [9.17, 15) is 5.11 Å². The number of rotatable bonds is 2. The maximum absolute atomic E-state index is 10.2. The molecule has 0 fully saturated rings. The molecule has 0 aromatic rings. The fourth-order valence-corrected chi connectivity index (χ4v) is 0.235. The third kappa shape index (κ3) is 11.3. The predicted octanol–water partition coefficient (Wildman–Crippen LogP) is -6.42. The zero-order valence-corrected chi connectivity index (χ0v) is 6.89. The normalized spacial score (nSPS) is 9.20. The Balaban J connectivity index is -0.000000245. The molecule has 0 amide bonds. The summed E-state index contributed by atoms with van der Waals surface area (Å²) in [6.45, 7) is 3.94. The van der Waals surface area contributed by atoms with Gasteiger partial charge in [-0.1, -0.05) is 0 Å². The minimum Gasteiger partial charge on any atom is -0.604 e. The van der Waals surface area contributed by atoms with Crippen molar-refractivity contribution in [2.24, 2.45) is 4.99 Å². The van der Waals surface area contributed by atoms with E-state index >= 15 is 0 Å². The summed E-state index contributed by atoms with van der Waals surface area (Å²) in [5, 5.41) is 10.2. The van der Waals surface area contributed by atoms with Gasteiger partial charge >= 0.3 is 37.7 Å². The summed E-state index contributed by atoms with van der Waals surface area (Å²) < 4.78 is 4.22. The molecular weight excluding hydrogens is 120 g/mol. The van der Waals surface area contributed by atoms with Gasteiger partial charge in [-0.3, -0.25) is 4.99 Å². The first kappa shape index (κ1) is 16.8. The van der Waals surface area contributed by atoms with Crippen LogP contribution in [0.3, 0.4) is 0 Å². The maximum Gasteiger partial charge on any atom is 1.00 e. The Morgan fingerprint density at radius 1 is 1.60 bits per heavy atom. The van der Waals surface area contributed by atoms with E-state index in [1.54, 1.807) is 0 Å². The summed E-state index contributed by atoms with van der Waals surface area (Å²) in [5.41, 5.74) is 0. The van der Waals surface area contributed by atoms with Gasteiger partial charge in [-0.25, -0.2) is 0 Å². The zero-order valence-electron chi connectivity index (χ0n) is 6.89. The van der Waals surface area contributed by atoms with Crippen LogP contribution in [0.5, 0.6) is 0 Å². The van der Waals surface area contributed by atoms with Crippen LogP contribution in [0.2, 0.25) is 0 Å². The van der Waals surface area contributed by atoms with Crippen LogP contribution in [0, 0.1) is 6.92 Å². The molecule has 0 rings (SSSR count). The Kier molecular flexibility index (Phi) is 20.5. The minimum absolute atomic E-state index is 0. The van der Waals surface area contributed by atoms with Crippen molar-refractivity contribution in [1.29, 1.82) is 0 Å². The van der Waals surface area contributed by atoms with Gasteiger partial charge in [0, 0.05) is 6.54 Å². The van der Waals surface area contributed by atoms with Crippen LogP contribution in [0.4, 0.5) is 0 Å². The van der Waals surface area contributed by atoms with Crippen molar-refractivity contribution in [3.05, 3.63) is 6.92 Å². The van der Waals surface area contributed by atoms with E-state index in [4.69, 9.17) is 0 Å². The Morgan fingerprint density at radius 3 is 2.40 bits per heavy atom. The topological polar surface area (TPSA) is 44.7 Å². The standard InChI is InChI=1S/C5H10NO2.2Li/c1-3-4-6-5(7)8-2;;/h1,3-4H2,2H3,(H,6,7);;/q-1;2*+1/p-1. The van der Waals surface area contributed by atoms with Crippen LogP contribution in [0.25, 0.3) is 0 Å². The van der Waals surface area contributed by atoms with Gasteiger partial charge in [0.1, 0.15) is 6.08 Å². The molecule has 10 heavy (non-hydrogen) atoms. The quantitative estimate of drug-likeness (QED) is 0.161. The molecular formula is C5H9Li2NO2. The smallest absolute Gasteiger partial charge is 0.604 e. The number of aliphatic imine (C=N–C) groups is 1. The maximum atomic E-state index is 10.2. The second-order valence-corrected chi connectivity index (χ2v) is 1.21. The van der Waals surface area contributed by atoms with Crippen molar-refractivity contribution in [2.45, 2.75) is 6.42 Å². The van der Waals surface area contributed by atoms with Gasteiger partial charge < -0.3 is 16.8 Å². The SMILES string of the molecule is [CH2-]CCN=C([O-])OC.[Li+].[Li+]. The molecule has 0 unspecified atom stereocenters. The molecule has 0 aliphatic rings. The van der Waals surface area contributed by atoms with E-state index in [-0.39, 0.29) is 37.7 Å². The number of ether oxygens (including phenoxy) is 1. The van der Waals surface area contributed by atoms with Gasteiger partial charge in [0.05, 0.1) is 0 Å². The van der Waals surface area contributed by atoms with Crippen LogP contribution in [0.1, 0.15) is 6.42 Å². The van der Waals surface area contributed by atoms with Crippen molar-refractivity contribution in [3.63, 3.8) is 0 Å². The summed E-state index contributed by atoms with van der Waals surface area (Å²) in [4.78, 5) is 3.44. The number of methoxy groups -OCH3 is 1. The van der Waals surface area contributed by atoms with Crippen molar-refractivity contribution in [2.75, 3.05) is 13.7 Å². The third-order valence-electron chi connectivity index (χ3n) is 0.574. The number of nitrogens with zero attached hydrogens (tertiary/aromatic N) is 1. The van der Waals surface area contributed by atoms with E-state index < -0.39 is 6.08 Å². The molecule has 0 saturated heterocycles. The monoisotopic (exact) mass is 129 g/mol. The summed E-state index contributed by atoms with van der Waals surface area (Å²) in [6, 6.07) is 0. The van der Waals surface area contributed by atoms with Crippen molar-refractivity contribution in [3.8, 4) is 0 Å². The van der Waals surface area contributed by atoms with Gasteiger partial charge in [0.2, 0.25) is 0 Å². The molecule has 48 valence electrons. The molecule has 0 bridgehead atoms. The molecule has 3 nitrogen and oxygen atoms in total. The molecule has 0 aromatic heterocycles. The average molecular weight is 129 g/mol. The van der Waals surface area contributed by atoms with Crippen molar-refractivity contribution < 1.29 is 47.6 Å². The first-order chi connectivity index (χ1) is 3.81. The molecule has 0 radical (unpaired) electrons. The summed E-state index contributed by atoms with van der Waals surface area (Å²) >= 11 is 0. The first-order valence-electron chi connectivity index (χ1n) is 2.36. The van der Waals surface area contributed by atoms with Crippen LogP contribution in [0.15, 0.2) is 4.99 Å². The van der Waals surface area contributed by atoms with Crippen molar-refractivity contribution in [1.82, 2.24) is 0 Å². The van der Waals surface area contributed by atoms with E-state index in [0.29, 0.717) is 13.0 Å². The van der Waals surface area contributed by atoms with E-state index in [1.165, 1.54) is 7.11 Å². The molecule has 0 aliphatic heterocycles. The number of hydrogen-bond donors (Lipinski definition) is 0. The Morgan fingerprint density at radius 2 is 2.10 bits per heavy atom. The van der Waals surface area contributed by atoms with Gasteiger partial charge in [0.15, 0.2) is 0 Å². The Hall–Kier alpha value is 0.465. The van der Waals surface area contributed by atoms with Crippen molar-refractivity contribution >= 4 is 6.08 Å². The third-order valence-corrected chi connectivity index (χ3v) is 0.574. The van der Waals surface area contributed by atoms with Gasteiger partial charge in [0.25, 0.3) is 0 Å². The Bertz CT molecular complexity index is 87.7. The predicted molar refractivity (Wildman–Crippen MR) is 29.3 cm³/mol. The van der Waals surface area contributed by atoms with E-state index in [1.807, 2.05) is 0 Å². The van der Waals surface area contributed by atoms with Crippen LogP contribution < -0.4 is 42.8 Å². The zero-order chi connectivity index (χ0) is 6.41. The molecule has 0 aromatic carbocycles. The largest absolute Gasteiger partial charge is 1.00 e. The van der Waals surface area contributed by atoms with Gasteiger partial charge in [-0.2, -0.15) is 6.42 Å². The van der Waals surface area contributed by atoms with E-state index in [2.05, 4.69) is 16.7 Å². The van der Waals surface area contributed by atoms with Crippen LogP contribution in [-0.2, 0) is 4.74 Å². The summed E-state index contributed by atoms with van der Waals surface area (Å²) in [5.74, 6) is 0. The molecule has 0 saturated carbocycles. The summed E-state index contributed by atoms with van der Waals surface area (Å²) in [6.07, 6.45) is 0.114. The second-order valence-electron chi connectivity index (χ2n) is 1.21. The summed E-state index contributed by atoms with van der Waals surface area (Å²) in [7, 11) is 1.30. The fourth-order valence-electron chi connectivity index (χ4n) is 0.235. The molecule has 0 spiro atoms. The number of hydrogen-bond acceptors (Lipinski definition) is 3. The van der Waals surface area contributed by atoms with Gasteiger partial charge in [-0.15, -0.1) is 0 Å². The molecule has 0 N–H and O–H groups in total. The van der Waals surface area contributed by atoms with Gasteiger partial charge in [-0.05, 0) is 7.11 Å². The Labute approximate surface area is 85.6 Å². The average Bonchev–Trinajstić information content (AvgIpc) is 1.83. The molecule has 5 heteroatoms. The van der Waals surface area contributed by atoms with Crippen LogP contribution >= 0.6 is 0 Å². The first-order valence-corrected chi connectivity index (χ1v) is 2.36. The molecule has 0 atom stereocenters. The van der Waals surface area contributed by atoms with E-state index in [0.717, 1.165) is 0 Å². The minimum atomic E-state index is -0.520. The fraction of sp³-hybridized carbons (Fsp3) is 0.600. The second kappa shape index (κ2) is 12.2. The molecule has 0 heterocycles.